The summed E-state index contributed by atoms with van der Waals surface area (Å²) in [6.07, 6.45) is -3.04. The molecule has 1 aromatic carbocycles. The molecule has 0 spiro atoms. The second-order valence-electron chi connectivity index (χ2n) is 8.03. The van der Waals surface area contributed by atoms with Gasteiger partial charge in [0.25, 0.3) is 5.91 Å². The summed E-state index contributed by atoms with van der Waals surface area (Å²) >= 11 is 1.18. The zero-order valence-corrected chi connectivity index (χ0v) is 21.2. The molecule has 2 amide bonds. The SMILES string of the molecule is CSc1nc(N)nc(N(C)[C@@H](C)C(=O)Nc2cc(C(=O)NCCN(C)C)cc(C(F)(F)F)c2)c1C#N. The Morgan fingerprint density at radius 3 is 2.44 bits per heavy atom. The topological polar surface area (TPSA) is 140 Å². The number of thioether (sulfide) groups is 1. The van der Waals surface area contributed by atoms with E-state index in [9.17, 15) is 28.0 Å². The molecule has 36 heavy (non-hydrogen) atoms. The van der Waals surface area contributed by atoms with Crippen LogP contribution in [0.15, 0.2) is 23.2 Å². The number of likely N-dealkylation sites (N-methyl/N-ethyl adjacent to an activating group) is 2. The van der Waals surface area contributed by atoms with E-state index in [1.165, 1.54) is 36.7 Å². The van der Waals surface area contributed by atoms with E-state index in [0.29, 0.717) is 11.6 Å². The number of carbonyl (C=O) groups is 2. The highest BCUT2D eigenvalue weighted by Gasteiger charge is 2.32. The first kappa shape index (κ1) is 28.7. The monoisotopic (exact) mass is 524 g/mol. The minimum atomic E-state index is -4.74. The number of nitrogens with one attached hydrogen (secondary N) is 2. The molecule has 4 N–H and O–H groups in total. The van der Waals surface area contributed by atoms with Gasteiger partial charge >= 0.3 is 6.18 Å². The van der Waals surface area contributed by atoms with E-state index in [0.717, 1.165) is 12.1 Å². The molecule has 0 bridgehead atoms. The van der Waals surface area contributed by atoms with Crippen LogP contribution in [0.1, 0.15) is 28.4 Å². The number of rotatable bonds is 9. The molecule has 0 saturated carbocycles. The molecule has 1 atom stereocenters. The molecule has 0 aliphatic carbocycles. The first-order chi connectivity index (χ1) is 16.8. The molecular formula is C22H27F3N8O2S. The van der Waals surface area contributed by atoms with E-state index < -0.39 is 29.6 Å². The van der Waals surface area contributed by atoms with Crippen LogP contribution in [0.2, 0.25) is 0 Å². The van der Waals surface area contributed by atoms with Crippen molar-refractivity contribution in [3.63, 3.8) is 0 Å². The van der Waals surface area contributed by atoms with Gasteiger partial charge < -0.3 is 26.2 Å². The number of hydrogen-bond donors (Lipinski definition) is 3. The Kier molecular flexibility index (Phi) is 9.48. The van der Waals surface area contributed by atoms with Gasteiger partial charge in [-0.15, -0.1) is 11.8 Å². The van der Waals surface area contributed by atoms with Gasteiger partial charge in [-0.3, -0.25) is 9.59 Å². The van der Waals surface area contributed by atoms with Crippen molar-refractivity contribution in [2.24, 2.45) is 0 Å². The number of benzene rings is 1. The molecule has 10 nitrogen and oxygen atoms in total. The van der Waals surface area contributed by atoms with Crippen LogP contribution in [0.5, 0.6) is 0 Å². The number of nitrogens with zero attached hydrogens (tertiary/aromatic N) is 5. The number of hydrogen-bond acceptors (Lipinski definition) is 9. The van der Waals surface area contributed by atoms with Crippen LogP contribution in [0, 0.1) is 11.3 Å². The maximum atomic E-state index is 13.5. The van der Waals surface area contributed by atoms with Gasteiger partial charge in [0.2, 0.25) is 11.9 Å². The van der Waals surface area contributed by atoms with Crippen molar-refractivity contribution < 1.29 is 22.8 Å². The van der Waals surface area contributed by atoms with E-state index in [4.69, 9.17) is 5.73 Å². The number of carbonyl (C=O) groups excluding carboxylic acids is 2. The quantitative estimate of drug-likeness (QED) is 0.333. The number of aromatic nitrogens is 2. The molecule has 1 aromatic heterocycles. The van der Waals surface area contributed by atoms with E-state index >= 15 is 0 Å². The molecule has 2 aromatic rings. The normalized spacial score (nSPS) is 12.1. The minimum Gasteiger partial charge on any atom is -0.368 e. The molecular weight excluding hydrogens is 497 g/mol. The summed E-state index contributed by atoms with van der Waals surface area (Å²) < 4.78 is 40.5. The van der Waals surface area contributed by atoms with Crippen LogP contribution >= 0.6 is 11.8 Å². The lowest BCUT2D eigenvalue weighted by Gasteiger charge is -2.26. The average Bonchev–Trinajstić information content (AvgIpc) is 2.81. The average molecular weight is 525 g/mol. The van der Waals surface area contributed by atoms with E-state index in [1.807, 2.05) is 6.07 Å². The predicted molar refractivity (Wildman–Crippen MR) is 132 cm³/mol. The first-order valence-corrected chi connectivity index (χ1v) is 11.8. The Hall–Kier alpha value is -3.57. The van der Waals surface area contributed by atoms with Crippen LogP contribution in [0.4, 0.5) is 30.6 Å². The zero-order valence-electron chi connectivity index (χ0n) is 20.4. The van der Waals surface area contributed by atoms with Crippen LogP contribution in [0.25, 0.3) is 0 Å². The number of halogens is 3. The van der Waals surface area contributed by atoms with Crippen molar-refractivity contribution in [3.8, 4) is 6.07 Å². The second kappa shape index (κ2) is 11.9. The number of nitriles is 1. The van der Waals surface area contributed by atoms with Crippen molar-refractivity contribution in [2.45, 2.75) is 24.2 Å². The maximum Gasteiger partial charge on any atom is 0.416 e. The Labute approximate surface area is 211 Å². The Morgan fingerprint density at radius 2 is 1.89 bits per heavy atom. The maximum absolute atomic E-state index is 13.5. The largest absolute Gasteiger partial charge is 0.416 e. The molecule has 0 fully saturated rings. The van der Waals surface area contributed by atoms with Crippen molar-refractivity contribution in [3.05, 3.63) is 34.9 Å². The molecule has 2 rings (SSSR count). The van der Waals surface area contributed by atoms with Crippen molar-refractivity contribution >= 4 is 41.0 Å². The summed E-state index contributed by atoms with van der Waals surface area (Å²) in [5, 5.41) is 14.8. The van der Waals surface area contributed by atoms with Crippen LogP contribution in [-0.2, 0) is 11.0 Å². The lowest BCUT2D eigenvalue weighted by Crippen LogP contribution is -2.40. The highest BCUT2D eigenvalue weighted by atomic mass is 32.2. The Bertz CT molecular complexity index is 1170. The van der Waals surface area contributed by atoms with Gasteiger partial charge in [0.1, 0.15) is 22.7 Å². The highest BCUT2D eigenvalue weighted by Crippen LogP contribution is 2.32. The molecule has 0 radical (unpaired) electrons. The van der Waals surface area contributed by atoms with E-state index in [-0.39, 0.29) is 35.1 Å². The van der Waals surface area contributed by atoms with E-state index in [2.05, 4.69) is 20.6 Å². The van der Waals surface area contributed by atoms with Crippen LogP contribution in [-0.4, -0.2) is 73.2 Å². The molecule has 0 aliphatic rings. The van der Waals surface area contributed by atoms with Crippen LogP contribution in [0.3, 0.4) is 0 Å². The summed E-state index contributed by atoms with van der Waals surface area (Å²) in [7, 11) is 5.08. The summed E-state index contributed by atoms with van der Waals surface area (Å²) in [5.74, 6) is -1.40. The van der Waals surface area contributed by atoms with Crippen LogP contribution < -0.4 is 21.3 Å². The summed E-state index contributed by atoms with van der Waals surface area (Å²) in [6, 6.07) is 3.65. The third-order valence-electron chi connectivity index (χ3n) is 5.11. The van der Waals surface area contributed by atoms with Gasteiger partial charge in [-0.05, 0) is 45.5 Å². The molecule has 14 heteroatoms. The standard InChI is InChI=1S/C22H27F3N8O2S/c1-12(33(4)17-16(11-26)20(36-5)31-21(27)30-17)18(34)29-15-9-13(8-14(10-15)22(23,24)25)19(35)28-6-7-32(2)3/h8-10,12H,6-7H2,1-5H3,(H,28,35)(H,29,34)(H2,27,30,31)/t12-/m0/s1. The lowest BCUT2D eigenvalue weighted by molar-refractivity contribution is -0.137. The highest BCUT2D eigenvalue weighted by molar-refractivity contribution is 7.98. The molecule has 0 unspecified atom stereocenters. The number of amides is 2. The van der Waals surface area contributed by atoms with E-state index in [1.54, 1.807) is 25.3 Å². The number of alkyl halides is 3. The first-order valence-electron chi connectivity index (χ1n) is 10.6. The third-order valence-corrected chi connectivity index (χ3v) is 5.79. The summed E-state index contributed by atoms with van der Waals surface area (Å²) in [4.78, 5) is 36.6. The van der Waals surface area contributed by atoms with Gasteiger partial charge in [-0.2, -0.15) is 23.4 Å². The fraction of sp³-hybridized carbons (Fsp3) is 0.409. The van der Waals surface area contributed by atoms with Crippen molar-refractivity contribution in [2.75, 3.05) is 56.4 Å². The van der Waals surface area contributed by atoms with Gasteiger partial charge in [0, 0.05) is 31.4 Å². The van der Waals surface area contributed by atoms with Crippen molar-refractivity contribution in [1.82, 2.24) is 20.2 Å². The molecule has 0 aliphatic heterocycles. The second-order valence-corrected chi connectivity index (χ2v) is 8.83. The molecule has 1 heterocycles. The number of anilines is 3. The van der Waals surface area contributed by atoms with Crippen molar-refractivity contribution in [1.29, 1.82) is 5.26 Å². The Balaban J connectivity index is 2.33. The minimum absolute atomic E-state index is 0.0991. The summed E-state index contributed by atoms with van der Waals surface area (Å²) in [6.45, 7) is 2.21. The Morgan fingerprint density at radius 1 is 1.22 bits per heavy atom. The smallest absolute Gasteiger partial charge is 0.368 e. The summed E-state index contributed by atoms with van der Waals surface area (Å²) in [5.41, 5.74) is 4.29. The van der Waals surface area contributed by atoms with Gasteiger partial charge in [-0.25, -0.2) is 4.98 Å². The number of nitrogens with two attached hydrogens (primary N) is 1. The van der Waals surface area contributed by atoms with Gasteiger partial charge in [0.15, 0.2) is 5.82 Å². The molecule has 194 valence electrons. The molecule has 0 saturated heterocycles. The number of nitrogen functional groups attached to an aromatic ring is 1. The van der Waals surface area contributed by atoms with Gasteiger partial charge in [0.05, 0.1) is 5.56 Å². The lowest BCUT2D eigenvalue weighted by atomic mass is 10.1. The fourth-order valence-corrected chi connectivity index (χ4v) is 3.57. The van der Waals surface area contributed by atoms with Gasteiger partial charge in [-0.1, -0.05) is 0 Å². The zero-order chi connectivity index (χ0) is 27.2. The third kappa shape index (κ3) is 7.22. The predicted octanol–water partition coefficient (Wildman–Crippen LogP) is 2.43. The fourth-order valence-electron chi connectivity index (χ4n) is 3.04.